The van der Waals surface area contributed by atoms with Crippen molar-refractivity contribution in [2.24, 2.45) is 12.5 Å². The number of furan rings is 1. The van der Waals surface area contributed by atoms with Crippen molar-refractivity contribution in [2.75, 3.05) is 13.2 Å². The molecule has 0 spiro atoms. The molecule has 5 aromatic rings. The highest BCUT2D eigenvalue weighted by molar-refractivity contribution is 6.13. The molecule has 1 aliphatic rings. The first-order valence-electron chi connectivity index (χ1n) is 15.2. The Morgan fingerprint density at radius 2 is 1.62 bits per heavy atom. The van der Waals surface area contributed by atoms with Gasteiger partial charge in [0, 0.05) is 40.2 Å². The zero-order valence-electron chi connectivity index (χ0n) is 26.3. The summed E-state index contributed by atoms with van der Waals surface area (Å²) in [5.41, 5.74) is 5.77. The van der Waals surface area contributed by atoms with Crippen LogP contribution in [0.5, 0.6) is 0 Å². The molecule has 2 aromatic heterocycles. The minimum Gasteiger partial charge on any atom is -0.454 e. The molecule has 0 atom stereocenters. The van der Waals surface area contributed by atoms with Gasteiger partial charge in [-0.25, -0.2) is 8.96 Å². The topological polar surface area (TPSA) is 26.2 Å². The van der Waals surface area contributed by atoms with Crippen molar-refractivity contribution in [3.63, 3.8) is 0 Å². The maximum Gasteiger partial charge on any atom is 0.216 e. The van der Waals surface area contributed by atoms with Crippen LogP contribution in [0.3, 0.4) is 0 Å². The molecule has 0 bridgehead atoms. The average molecular weight is 526 g/mol. The number of pyridine rings is 1. The summed E-state index contributed by atoms with van der Waals surface area (Å²) in [6.45, 7) is 8.87. The summed E-state index contributed by atoms with van der Waals surface area (Å²) in [6.07, 6.45) is 1.60. The number of rotatable bonds is 4. The molecule has 0 unspecified atom stereocenters. The van der Waals surface area contributed by atoms with E-state index in [1.54, 1.807) is 6.07 Å². The molecule has 39 heavy (non-hydrogen) atoms. The highest BCUT2D eigenvalue weighted by atomic mass is 19.1. The van der Waals surface area contributed by atoms with E-state index in [-0.39, 0.29) is 5.82 Å². The van der Waals surface area contributed by atoms with Crippen LogP contribution in [-0.2, 0) is 18.2 Å². The second-order valence-electron chi connectivity index (χ2n) is 11.6. The lowest BCUT2D eigenvalue weighted by Gasteiger charge is -2.22. The van der Waals surface area contributed by atoms with Crippen LogP contribution in [0.4, 0.5) is 4.39 Å². The lowest BCUT2D eigenvalue weighted by Crippen LogP contribution is -2.31. The highest BCUT2D eigenvalue weighted by Gasteiger charge is 2.25. The number of halogens is 1. The standard InChI is InChI=1S/C35H37FNO2/c1-22-6-11-27-28-12-13-29(36)32(26-9-7-24(8-10-26)25-15-18-38-19-16-25)34(28)39-33(27)31(22)30-20-23(14-17-37(30)5)21-35(2,3)4/h6-14,17,20,25H,15-16,18-19,21H2,1-5H3/q+1/i21D2,25D. The fourth-order valence-corrected chi connectivity index (χ4v) is 5.67. The van der Waals surface area contributed by atoms with E-state index in [1.807, 2.05) is 94.0 Å². The van der Waals surface area contributed by atoms with Gasteiger partial charge in [-0.2, -0.15) is 0 Å². The SMILES string of the molecule is [2H]C1(c2ccc(-c3c(F)ccc4c3oc3c(-c5cc(C([2H])([2H])C(C)(C)C)cc[n+]5C)c(C)ccc34)cc2)CCOCC1. The maximum atomic E-state index is 15.6. The Labute approximate surface area is 234 Å². The van der Waals surface area contributed by atoms with E-state index in [0.29, 0.717) is 53.9 Å². The summed E-state index contributed by atoms with van der Waals surface area (Å²) in [5.74, 6) is -1.06. The van der Waals surface area contributed by atoms with Crippen LogP contribution in [0.2, 0.25) is 0 Å². The van der Waals surface area contributed by atoms with Gasteiger partial charge in [-0.15, -0.1) is 0 Å². The van der Waals surface area contributed by atoms with Gasteiger partial charge in [0.15, 0.2) is 6.20 Å². The van der Waals surface area contributed by atoms with Crippen LogP contribution >= 0.6 is 0 Å². The van der Waals surface area contributed by atoms with E-state index in [0.717, 1.165) is 33.2 Å². The minimum atomic E-state index is -1.56. The molecule has 0 amide bonds. The fraction of sp³-hybridized carbons (Fsp3) is 0.343. The van der Waals surface area contributed by atoms with Crippen molar-refractivity contribution in [1.29, 1.82) is 0 Å². The molecule has 0 N–H and O–H groups in total. The maximum absolute atomic E-state index is 15.6. The van der Waals surface area contributed by atoms with Gasteiger partial charge in [0.2, 0.25) is 5.69 Å². The zero-order chi connectivity index (χ0) is 30.0. The largest absolute Gasteiger partial charge is 0.454 e. The van der Waals surface area contributed by atoms with Crippen molar-refractivity contribution >= 4 is 21.9 Å². The van der Waals surface area contributed by atoms with Crippen molar-refractivity contribution in [2.45, 2.75) is 52.8 Å². The molecule has 1 fully saturated rings. The van der Waals surface area contributed by atoms with Gasteiger partial charge in [-0.1, -0.05) is 57.2 Å². The fourth-order valence-electron chi connectivity index (χ4n) is 5.67. The van der Waals surface area contributed by atoms with Crippen LogP contribution in [0.15, 0.2) is 71.3 Å². The molecule has 200 valence electrons. The van der Waals surface area contributed by atoms with Crippen molar-refractivity contribution in [3.05, 3.63) is 89.4 Å². The van der Waals surface area contributed by atoms with Gasteiger partial charge in [-0.3, -0.25) is 0 Å². The number of aromatic nitrogens is 1. The summed E-state index contributed by atoms with van der Waals surface area (Å²) >= 11 is 0. The zero-order valence-corrected chi connectivity index (χ0v) is 23.3. The average Bonchev–Trinajstić information content (AvgIpc) is 3.31. The van der Waals surface area contributed by atoms with Crippen LogP contribution in [0.25, 0.3) is 44.3 Å². The Hall–Kier alpha value is -3.50. The van der Waals surface area contributed by atoms with Gasteiger partial charge in [0.05, 0.1) is 11.1 Å². The van der Waals surface area contributed by atoms with Crippen LogP contribution in [0.1, 0.15) is 60.3 Å². The molecule has 0 saturated carbocycles. The first-order valence-corrected chi connectivity index (χ1v) is 13.7. The predicted octanol–water partition coefficient (Wildman–Crippen LogP) is 8.67. The number of fused-ring (bicyclic) bond motifs is 3. The van der Waals surface area contributed by atoms with Gasteiger partial charge in [-0.05, 0) is 71.8 Å². The van der Waals surface area contributed by atoms with Crippen LogP contribution in [0, 0.1) is 18.2 Å². The Bertz CT molecular complexity index is 1810. The predicted molar refractivity (Wildman–Crippen MR) is 156 cm³/mol. The molecule has 3 heterocycles. The van der Waals surface area contributed by atoms with Crippen molar-refractivity contribution in [3.8, 4) is 22.4 Å². The molecule has 4 heteroatoms. The van der Waals surface area contributed by atoms with Gasteiger partial charge < -0.3 is 9.15 Å². The highest BCUT2D eigenvalue weighted by Crippen LogP contribution is 2.42. The van der Waals surface area contributed by atoms with E-state index in [4.69, 9.17) is 13.3 Å². The molecule has 3 nitrogen and oxygen atoms in total. The number of hydrogen-bond acceptors (Lipinski definition) is 2. The third-order valence-corrected chi connectivity index (χ3v) is 7.57. The molecular weight excluding hydrogens is 485 g/mol. The van der Waals surface area contributed by atoms with E-state index in [1.165, 1.54) is 6.07 Å². The Balaban J connectivity index is 1.53. The number of aryl methyl sites for hydroxylation is 2. The molecule has 0 aliphatic carbocycles. The Morgan fingerprint density at radius 1 is 0.949 bits per heavy atom. The summed E-state index contributed by atoms with van der Waals surface area (Å²) < 4.78 is 56.3. The normalized spacial score (nSPS) is 17.2. The minimum absolute atomic E-state index is 0.370. The van der Waals surface area contributed by atoms with Crippen molar-refractivity contribution < 1.29 is 22.2 Å². The van der Waals surface area contributed by atoms with Gasteiger partial charge in [0.25, 0.3) is 0 Å². The Morgan fingerprint density at radius 3 is 2.31 bits per heavy atom. The summed E-state index contributed by atoms with van der Waals surface area (Å²) in [7, 11) is 1.94. The lowest BCUT2D eigenvalue weighted by molar-refractivity contribution is -0.660. The number of benzene rings is 3. The summed E-state index contributed by atoms with van der Waals surface area (Å²) in [4.78, 5) is 0. The lowest BCUT2D eigenvalue weighted by atomic mass is 9.87. The molecule has 0 radical (unpaired) electrons. The first-order chi connectivity index (χ1) is 19.8. The van der Waals surface area contributed by atoms with Crippen molar-refractivity contribution in [1.82, 2.24) is 0 Å². The van der Waals surface area contributed by atoms with Gasteiger partial charge in [0.1, 0.15) is 24.0 Å². The molecule has 6 rings (SSSR count). The number of ether oxygens (including phenoxy) is 1. The van der Waals surface area contributed by atoms with Crippen LogP contribution < -0.4 is 4.57 Å². The van der Waals surface area contributed by atoms with E-state index in [9.17, 15) is 0 Å². The molecule has 1 saturated heterocycles. The summed E-state index contributed by atoms with van der Waals surface area (Å²) in [5, 5.41) is 1.69. The van der Waals surface area contributed by atoms with Gasteiger partial charge >= 0.3 is 0 Å². The second kappa shape index (κ2) is 9.91. The first kappa shape index (κ1) is 22.3. The summed E-state index contributed by atoms with van der Waals surface area (Å²) in [6, 6.07) is 18.7. The number of nitrogens with zero attached hydrogens (tertiary/aromatic N) is 1. The third kappa shape index (κ3) is 4.87. The van der Waals surface area contributed by atoms with E-state index >= 15 is 4.39 Å². The monoisotopic (exact) mass is 525 g/mol. The molecule has 3 aromatic carbocycles. The smallest absolute Gasteiger partial charge is 0.216 e. The quantitative estimate of drug-likeness (QED) is 0.219. The second-order valence-corrected chi connectivity index (χ2v) is 11.6. The molecule has 1 aliphatic heterocycles. The Kier molecular flexibility index (Phi) is 5.68. The van der Waals surface area contributed by atoms with E-state index < -0.39 is 17.7 Å². The van der Waals surface area contributed by atoms with E-state index in [2.05, 4.69) is 0 Å². The molecular formula is C35H37FNO2+. The van der Waals surface area contributed by atoms with Crippen LogP contribution in [-0.4, -0.2) is 13.2 Å². The number of hydrogen-bond donors (Lipinski definition) is 0. The third-order valence-electron chi connectivity index (χ3n) is 7.57.